The zero-order valence-corrected chi connectivity index (χ0v) is 10.4. The van der Waals surface area contributed by atoms with Gasteiger partial charge in [-0.05, 0) is 37.3 Å². The summed E-state index contributed by atoms with van der Waals surface area (Å²) < 4.78 is 0. The summed E-state index contributed by atoms with van der Waals surface area (Å²) in [6, 6.07) is 6.75. The van der Waals surface area contributed by atoms with Crippen LogP contribution in [-0.2, 0) is 0 Å². The third kappa shape index (κ3) is 2.65. The summed E-state index contributed by atoms with van der Waals surface area (Å²) in [7, 11) is 4.04. The molecule has 1 atom stereocenters. The van der Waals surface area contributed by atoms with Crippen LogP contribution in [0.4, 0.5) is 11.6 Å². The SMILES string of the molecule is CCC(Nc1cccc(N(C)C)n1)C1CC1. The number of nitrogens with zero attached hydrogens (tertiary/aromatic N) is 2. The van der Waals surface area contributed by atoms with E-state index in [-0.39, 0.29) is 0 Å². The Bertz CT molecular complexity index is 345. The van der Waals surface area contributed by atoms with Crippen LogP contribution in [0.2, 0.25) is 0 Å². The molecule has 0 bridgehead atoms. The predicted molar refractivity (Wildman–Crippen MR) is 69.0 cm³/mol. The Morgan fingerprint density at radius 2 is 2.19 bits per heavy atom. The van der Waals surface area contributed by atoms with Gasteiger partial charge in [0.2, 0.25) is 0 Å². The van der Waals surface area contributed by atoms with Gasteiger partial charge in [0, 0.05) is 20.1 Å². The van der Waals surface area contributed by atoms with E-state index in [9.17, 15) is 0 Å². The molecule has 1 saturated carbocycles. The molecule has 1 aliphatic rings. The smallest absolute Gasteiger partial charge is 0.130 e. The summed E-state index contributed by atoms with van der Waals surface area (Å²) in [5.41, 5.74) is 0. The van der Waals surface area contributed by atoms with Crippen LogP contribution in [0.3, 0.4) is 0 Å². The fraction of sp³-hybridized carbons (Fsp3) is 0.615. The fourth-order valence-corrected chi connectivity index (χ4v) is 1.99. The van der Waals surface area contributed by atoms with E-state index in [2.05, 4.69) is 29.4 Å². The second kappa shape index (κ2) is 4.73. The van der Waals surface area contributed by atoms with Crippen LogP contribution in [0.15, 0.2) is 18.2 Å². The first kappa shape index (κ1) is 11.2. The molecule has 1 fully saturated rings. The second-order valence-corrected chi connectivity index (χ2v) is 4.77. The van der Waals surface area contributed by atoms with Crippen molar-refractivity contribution >= 4 is 11.6 Å². The highest BCUT2D eigenvalue weighted by atomic mass is 15.2. The van der Waals surface area contributed by atoms with Gasteiger partial charge in [-0.15, -0.1) is 0 Å². The van der Waals surface area contributed by atoms with Crippen molar-refractivity contribution in [1.82, 2.24) is 4.98 Å². The van der Waals surface area contributed by atoms with Gasteiger partial charge < -0.3 is 10.2 Å². The molecule has 0 spiro atoms. The van der Waals surface area contributed by atoms with Gasteiger partial charge in [-0.3, -0.25) is 0 Å². The number of nitrogens with one attached hydrogen (secondary N) is 1. The lowest BCUT2D eigenvalue weighted by atomic mass is 10.1. The Labute approximate surface area is 97.9 Å². The average molecular weight is 219 g/mol. The Kier molecular flexibility index (Phi) is 3.32. The maximum absolute atomic E-state index is 4.58. The van der Waals surface area contributed by atoms with Gasteiger partial charge in [0.25, 0.3) is 0 Å². The number of hydrogen-bond donors (Lipinski definition) is 1. The largest absolute Gasteiger partial charge is 0.367 e. The molecule has 1 N–H and O–H groups in total. The zero-order valence-electron chi connectivity index (χ0n) is 10.4. The Balaban J connectivity index is 2.05. The van der Waals surface area contributed by atoms with E-state index in [0.29, 0.717) is 6.04 Å². The van der Waals surface area contributed by atoms with Crippen molar-refractivity contribution in [3.8, 4) is 0 Å². The molecule has 0 radical (unpaired) electrons. The Hall–Kier alpha value is -1.25. The Morgan fingerprint density at radius 3 is 2.75 bits per heavy atom. The van der Waals surface area contributed by atoms with Crippen LogP contribution in [0.1, 0.15) is 26.2 Å². The van der Waals surface area contributed by atoms with Gasteiger partial charge in [0.1, 0.15) is 11.6 Å². The summed E-state index contributed by atoms with van der Waals surface area (Å²) in [6.45, 7) is 2.24. The topological polar surface area (TPSA) is 28.2 Å². The summed E-state index contributed by atoms with van der Waals surface area (Å²) in [5, 5.41) is 3.55. The minimum absolute atomic E-state index is 0.602. The summed E-state index contributed by atoms with van der Waals surface area (Å²) in [4.78, 5) is 6.62. The number of aromatic nitrogens is 1. The normalized spacial score (nSPS) is 16.9. The average Bonchev–Trinajstić information content (AvgIpc) is 3.10. The summed E-state index contributed by atoms with van der Waals surface area (Å²) >= 11 is 0. The van der Waals surface area contributed by atoms with Crippen LogP contribution in [0, 0.1) is 5.92 Å². The maximum atomic E-state index is 4.58. The van der Waals surface area contributed by atoms with Crippen LogP contribution in [0.5, 0.6) is 0 Å². The number of anilines is 2. The van der Waals surface area contributed by atoms with E-state index in [0.717, 1.165) is 17.6 Å². The third-order valence-corrected chi connectivity index (χ3v) is 3.16. The molecule has 88 valence electrons. The third-order valence-electron chi connectivity index (χ3n) is 3.16. The lowest BCUT2D eigenvalue weighted by molar-refractivity contribution is 0.614. The highest BCUT2D eigenvalue weighted by molar-refractivity contribution is 5.46. The fourth-order valence-electron chi connectivity index (χ4n) is 1.99. The van der Waals surface area contributed by atoms with Crippen LogP contribution >= 0.6 is 0 Å². The van der Waals surface area contributed by atoms with Gasteiger partial charge >= 0.3 is 0 Å². The van der Waals surface area contributed by atoms with Gasteiger partial charge in [-0.25, -0.2) is 4.98 Å². The van der Waals surface area contributed by atoms with Gasteiger partial charge in [0.15, 0.2) is 0 Å². The molecule has 2 rings (SSSR count). The van der Waals surface area contributed by atoms with Crippen molar-refractivity contribution in [2.24, 2.45) is 5.92 Å². The number of pyridine rings is 1. The van der Waals surface area contributed by atoms with E-state index < -0.39 is 0 Å². The van der Waals surface area contributed by atoms with E-state index >= 15 is 0 Å². The second-order valence-electron chi connectivity index (χ2n) is 4.77. The molecule has 1 heterocycles. The molecule has 3 nitrogen and oxygen atoms in total. The highest BCUT2D eigenvalue weighted by Crippen LogP contribution is 2.35. The molecular weight excluding hydrogens is 198 g/mol. The Morgan fingerprint density at radius 1 is 1.44 bits per heavy atom. The highest BCUT2D eigenvalue weighted by Gasteiger charge is 2.29. The van der Waals surface area contributed by atoms with Gasteiger partial charge in [-0.1, -0.05) is 13.0 Å². The predicted octanol–water partition coefficient (Wildman–Crippen LogP) is 2.75. The van der Waals surface area contributed by atoms with Crippen LogP contribution < -0.4 is 10.2 Å². The van der Waals surface area contributed by atoms with Crippen molar-refractivity contribution in [1.29, 1.82) is 0 Å². The molecule has 0 saturated heterocycles. The van der Waals surface area contributed by atoms with Crippen molar-refractivity contribution in [3.63, 3.8) is 0 Å². The molecule has 1 unspecified atom stereocenters. The van der Waals surface area contributed by atoms with Crippen molar-refractivity contribution in [2.45, 2.75) is 32.2 Å². The first-order valence-corrected chi connectivity index (χ1v) is 6.11. The van der Waals surface area contributed by atoms with Crippen molar-refractivity contribution < 1.29 is 0 Å². The van der Waals surface area contributed by atoms with Crippen LogP contribution in [0.25, 0.3) is 0 Å². The zero-order chi connectivity index (χ0) is 11.5. The minimum Gasteiger partial charge on any atom is -0.367 e. The van der Waals surface area contributed by atoms with E-state index in [4.69, 9.17) is 0 Å². The molecule has 0 amide bonds. The van der Waals surface area contributed by atoms with Crippen molar-refractivity contribution in [3.05, 3.63) is 18.2 Å². The minimum atomic E-state index is 0.602. The van der Waals surface area contributed by atoms with E-state index in [1.54, 1.807) is 0 Å². The number of rotatable bonds is 5. The lowest BCUT2D eigenvalue weighted by Gasteiger charge is -2.18. The van der Waals surface area contributed by atoms with E-state index in [1.807, 2.05) is 25.1 Å². The summed E-state index contributed by atoms with van der Waals surface area (Å²) in [6.07, 6.45) is 3.93. The lowest BCUT2D eigenvalue weighted by Crippen LogP contribution is -2.22. The summed E-state index contributed by atoms with van der Waals surface area (Å²) in [5.74, 6) is 2.88. The quantitative estimate of drug-likeness (QED) is 0.825. The van der Waals surface area contributed by atoms with Crippen molar-refractivity contribution in [2.75, 3.05) is 24.3 Å². The first-order valence-electron chi connectivity index (χ1n) is 6.11. The molecule has 0 aromatic carbocycles. The molecule has 0 aliphatic heterocycles. The number of hydrogen-bond acceptors (Lipinski definition) is 3. The van der Waals surface area contributed by atoms with Gasteiger partial charge in [0.05, 0.1) is 0 Å². The van der Waals surface area contributed by atoms with Crippen LogP contribution in [-0.4, -0.2) is 25.1 Å². The maximum Gasteiger partial charge on any atom is 0.130 e. The van der Waals surface area contributed by atoms with Gasteiger partial charge in [-0.2, -0.15) is 0 Å². The molecule has 1 aromatic rings. The molecular formula is C13H21N3. The molecule has 1 aromatic heterocycles. The molecule has 3 heteroatoms. The molecule has 16 heavy (non-hydrogen) atoms. The van der Waals surface area contributed by atoms with E-state index in [1.165, 1.54) is 19.3 Å². The standard InChI is InChI=1S/C13H21N3/c1-4-11(10-8-9-10)14-12-6-5-7-13(15-12)16(2)3/h5-7,10-11H,4,8-9H2,1-3H3,(H,14,15). The molecule has 1 aliphatic carbocycles. The first-order chi connectivity index (χ1) is 7.70. The monoisotopic (exact) mass is 219 g/mol.